The first kappa shape index (κ1) is 34.8. The van der Waals surface area contributed by atoms with Gasteiger partial charge in [0.15, 0.2) is 11.8 Å². The van der Waals surface area contributed by atoms with Gasteiger partial charge in [0.25, 0.3) is 0 Å². The highest BCUT2D eigenvalue weighted by Gasteiger charge is 2.43. The maximum atomic E-state index is 13.4. The number of hydrogen-bond donors (Lipinski definition) is 2. The lowest BCUT2D eigenvalue weighted by Crippen LogP contribution is -2.47. The Morgan fingerprint density at radius 2 is 1.19 bits per heavy atom. The first-order valence-electron chi connectivity index (χ1n) is 15.3. The van der Waals surface area contributed by atoms with E-state index >= 15 is 0 Å². The van der Waals surface area contributed by atoms with Gasteiger partial charge < -0.3 is 14.9 Å². The average molecular weight is 582 g/mol. The normalized spacial score (nSPS) is 12.2. The molecule has 8 nitrogen and oxygen atoms in total. The minimum atomic E-state index is -2.20. The molecule has 0 aliphatic heterocycles. The predicted molar refractivity (Wildman–Crippen MR) is 162 cm³/mol. The van der Waals surface area contributed by atoms with Crippen LogP contribution in [0.4, 0.5) is 0 Å². The Labute approximate surface area is 250 Å². The predicted octanol–water partition coefficient (Wildman–Crippen LogP) is 6.46. The van der Waals surface area contributed by atoms with Crippen LogP contribution in [0.5, 0.6) is 0 Å². The highest BCUT2D eigenvalue weighted by atomic mass is 16.6. The van der Waals surface area contributed by atoms with E-state index in [0.29, 0.717) is 45.2 Å². The Morgan fingerprint density at radius 1 is 0.714 bits per heavy atom. The zero-order valence-corrected chi connectivity index (χ0v) is 25.1. The quantitative estimate of drug-likeness (QED) is 0.0534. The molecule has 1 unspecified atom stereocenters. The van der Waals surface area contributed by atoms with Crippen LogP contribution >= 0.6 is 0 Å². The molecule has 0 spiro atoms. The molecule has 2 N–H and O–H groups in total. The third-order valence-corrected chi connectivity index (χ3v) is 7.57. The van der Waals surface area contributed by atoms with Crippen molar-refractivity contribution in [1.82, 2.24) is 4.90 Å². The van der Waals surface area contributed by atoms with Gasteiger partial charge in [0.2, 0.25) is 11.6 Å². The molecule has 0 aliphatic rings. The molecule has 1 atom stereocenters. The molecule has 230 valence electrons. The molecule has 0 saturated heterocycles. The van der Waals surface area contributed by atoms with Crippen LogP contribution in [0.1, 0.15) is 112 Å². The zero-order valence-electron chi connectivity index (χ0n) is 25.1. The number of nitrogens with zero attached hydrogens (tertiary/aromatic N) is 1. The fraction of sp³-hybridized carbons (Fsp3) is 0.529. The number of carbonyl (C=O) groups excluding carboxylic acids is 3. The number of carboxylic acids is 1. The first-order valence-corrected chi connectivity index (χ1v) is 15.3. The van der Waals surface area contributed by atoms with Crippen LogP contribution in [-0.2, 0) is 14.3 Å². The van der Waals surface area contributed by atoms with Crippen molar-refractivity contribution in [3.63, 3.8) is 0 Å². The lowest BCUT2D eigenvalue weighted by atomic mass is 9.81. The summed E-state index contributed by atoms with van der Waals surface area (Å²) >= 11 is 0. The van der Waals surface area contributed by atoms with Gasteiger partial charge in [-0.2, -0.15) is 0 Å². The van der Waals surface area contributed by atoms with Gasteiger partial charge in [0.05, 0.1) is 0 Å². The first-order chi connectivity index (χ1) is 20.2. The monoisotopic (exact) mass is 581 g/mol. The summed E-state index contributed by atoms with van der Waals surface area (Å²) in [7, 11) is 0. The van der Waals surface area contributed by atoms with Crippen LogP contribution in [0.25, 0.3) is 0 Å². The summed E-state index contributed by atoms with van der Waals surface area (Å²) in [6.07, 6.45) is 6.61. The maximum absolute atomic E-state index is 13.4. The van der Waals surface area contributed by atoms with Crippen LogP contribution in [0.15, 0.2) is 60.7 Å². The molecule has 0 aliphatic carbocycles. The molecule has 0 bridgehead atoms. The van der Waals surface area contributed by atoms with Crippen molar-refractivity contribution in [2.75, 3.05) is 13.1 Å². The number of ketones is 2. The van der Waals surface area contributed by atoms with E-state index in [1.807, 2.05) is 13.8 Å². The van der Waals surface area contributed by atoms with Crippen LogP contribution in [0, 0.1) is 0 Å². The van der Waals surface area contributed by atoms with Gasteiger partial charge in [-0.25, -0.2) is 0 Å². The molecule has 0 heterocycles. The number of rotatable bonds is 22. The van der Waals surface area contributed by atoms with E-state index in [4.69, 9.17) is 9.84 Å². The molecule has 8 heteroatoms. The van der Waals surface area contributed by atoms with E-state index in [1.54, 1.807) is 60.7 Å². The van der Waals surface area contributed by atoms with Crippen molar-refractivity contribution in [2.45, 2.75) is 103 Å². The van der Waals surface area contributed by atoms with Gasteiger partial charge in [0, 0.05) is 24.0 Å². The second-order valence-electron chi connectivity index (χ2n) is 10.7. The van der Waals surface area contributed by atoms with Crippen molar-refractivity contribution >= 4 is 23.5 Å². The molecule has 0 fully saturated rings. The number of carbonyl (C=O) groups is 4. The number of benzene rings is 2. The summed E-state index contributed by atoms with van der Waals surface area (Å²) in [4.78, 5) is 52.1. The van der Waals surface area contributed by atoms with E-state index in [0.717, 1.165) is 32.1 Å². The molecule has 2 aromatic carbocycles. The Hall–Kier alpha value is -3.36. The molecule has 0 radical (unpaired) electrons. The van der Waals surface area contributed by atoms with Crippen molar-refractivity contribution < 1.29 is 34.1 Å². The summed E-state index contributed by atoms with van der Waals surface area (Å²) < 4.78 is 5.86. The highest BCUT2D eigenvalue weighted by Crippen LogP contribution is 2.26. The Kier molecular flexibility index (Phi) is 15.7. The number of aliphatic hydroxyl groups is 1. The largest absolute Gasteiger partial charge is 0.481 e. The number of esters is 1. The topological polar surface area (TPSA) is 121 Å². The summed E-state index contributed by atoms with van der Waals surface area (Å²) in [6, 6.07) is 16.7. The lowest BCUT2D eigenvalue weighted by Gasteiger charge is -2.30. The minimum absolute atomic E-state index is 0.0418. The number of Topliss-reactive ketones (excluding diaryl/α,β-unsaturated/α-hetero) is 2. The van der Waals surface area contributed by atoms with E-state index < -0.39 is 29.4 Å². The summed E-state index contributed by atoms with van der Waals surface area (Å²) in [5.74, 6) is -2.26. The van der Waals surface area contributed by atoms with Gasteiger partial charge in [-0.3, -0.25) is 24.1 Å². The SMILES string of the molecule is CCN(CC)C(CCCCC(O)(C(=O)c1ccccc1)C(=O)c1ccccc1)OC(=O)CCCCCCCCC(=O)O. The molecule has 2 rings (SSSR count). The summed E-state index contributed by atoms with van der Waals surface area (Å²) in [5.41, 5.74) is -1.64. The molecule has 0 saturated carbocycles. The van der Waals surface area contributed by atoms with Crippen molar-refractivity contribution in [3.05, 3.63) is 71.8 Å². The number of carboxylic acid groups (broad SMARTS) is 1. The second-order valence-corrected chi connectivity index (χ2v) is 10.7. The Morgan fingerprint density at radius 3 is 1.67 bits per heavy atom. The van der Waals surface area contributed by atoms with E-state index in [1.165, 1.54) is 0 Å². The maximum Gasteiger partial charge on any atom is 0.307 e. The number of hydrogen-bond acceptors (Lipinski definition) is 7. The molecule has 2 aromatic rings. The average Bonchev–Trinajstić information content (AvgIpc) is 3.00. The number of ether oxygens (including phenoxy) is 1. The van der Waals surface area contributed by atoms with Crippen molar-refractivity contribution in [3.8, 4) is 0 Å². The van der Waals surface area contributed by atoms with Gasteiger partial charge in [-0.15, -0.1) is 0 Å². The van der Waals surface area contributed by atoms with Gasteiger partial charge in [0.1, 0.15) is 0 Å². The van der Waals surface area contributed by atoms with E-state index in [9.17, 15) is 24.3 Å². The summed E-state index contributed by atoms with van der Waals surface area (Å²) in [6.45, 7) is 5.41. The fourth-order valence-corrected chi connectivity index (χ4v) is 5.10. The van der Waals surface area contributed by atoms with Crippen LogP contribution in [-0.4, -0.2) is 63.5 Å². The number of unbranched alkanes of at least 4 members (excludes halogenated alkanes) is 6. The lowest BCUT2D eigenvalue weighted by molar-refractivity contribution is -0.160. The highest BCUT2D eigenvalue weighted by molar-refractivity contribution is 6.22. The summed E-state index contributed by atoms with van der Waals surface area (Å²) in [5, 5.41) is 20.3. The second kappa shape index (κ2) is 18.9. The van der Waals surface area contributed by atoms with Crippen LogP contribution in [0.3, 0.4) is 0 Å². The van der Waals surface area contributed by atoms with Crippen LogP contribution in [0.2, 0.25) is 0 Å². The minimum Gasteiger partial charge on any atom is -0.481 e. The zero-order chi connectivity index (χ0) is 30.8. The smallest absolute Gasteiger partial charge is 0.307 e. The fourth-order valence-electron chi connectivity index (χ4n) is 5.10. The van der Waals surface area contributed by atoms with Crippen molar-refractivity contribution in [2.24, 2.45) is 0 Å². The third kappa shape index (κ3) is 11.5. The number of aliphatic carboxylic acids is 1. The molecular formula is C34H47NO7. The Balaban J connectivity index is 1.94. The van der Waals surface area contributed by atoms with E-state index in [2.05, 4.69) is 4.90 Å². The molecule has 42 heavy (non-hydrogen) atoms. The van der Waals surface area contributed by atoms with Gasteiger partial charge >= 0.3 is 11.9 Å². The van der Waals surface area contributed by atoms with Crippen LogP contribution < -0.4 is 0 Å². The molecule has 0 aromatic heterocycles. The van der Waals surface area contributed by atoms with Crippen molar-refractivity contribution in [1.29, 1.82) is 0 Å². The molecular weight excluding hydrogens is 534 g/mol. The van der Waals surface area contributed by atoms with E-state index in [-0.39, 0.29) is 29.9 Å². The standard InChI is InChI=1S/C34H47NO7/c1-3-35(4-2)29(42-31(38)25-16-8-6-5-7-15-24-30(36)37)23-17-18-26-34(41,32(39)27-19-11-9-12-20-27)33(40)28-21-13-10-14-22-28/h9-14,19-22,29,41H,3-8,15-18,23-26H2,1-2H3,(H,36,37). The molecule has 0 amide bonds. The Bertz CT molecular complexity index is 1050. The third-order valence-electron chi connectivity index (χ3n) is 7.57. The van der Waals surface area contributed by atoms with Gasteiger partial charge in [-0.05, 0) is 51.6 Å². The van der Waals surface area contributed by atoms with Gasteiger partial charge in [-0.1, -0.05) is 100 Å².